The lowest BCUT2D eigenvalue weighted by molar-refractivity contribution is -0.0279. The number of hydrogen-bond acceptors (Lipinski definition) is 3. The molecule has 2 heterocycles. The van der Waals surface area contributed by atoms with Crippen LogP contribution in [0.1, 0.15) is 13.8 Å². The number of rotatable bonds is 1. The van der Waals surface area contributed by atoms with Gasteiger partial charge in [0.05, 0.1) is 12.2 Å². The van der Waals surface area contributed by atoms with Gasteiger partial charge in [0, 0.05) is 19.3 Å². The van der Waals surface area contributed by atoms with Gasteiger partial charge in [-0.2, -0.15) is 0 Å². The van der Waals surface area contributed by atoms with Crippen molar-refractivity contribution in [3.63, 3.8) is 0 Å². The van der Waals surface area contributed by atoms with E-state index in [1.54, 1.807) is 0 Å². The molecule has 1 aromatic rings. The van der Waals surface area contributed by atoms with E-state index in [0.717, 1.165) is 25.5 Å². The topological polar surface area (TPSA) is 25.4 Å². The van der Waals surface area contributed by atoms with Gasteiger partial charge in [0.1, 0.15) is 5.82 Å². The summed E-state index contributed by atoms with van der Waals surface area (Å²) >= 11 is 0. The first-order valence-corrected chi connectivity index (χ1v) is 4.97. The van der Waals surface area contributed by atoms with E-state index < -0.39 is 0 Å². The maximum Gasteiger partial charge on any atom is 0.128 e. The molecule has 0 spiro atoms. The minimum Gasteiger partial charge on any atom is -0.372 e. The van der Waals surface area contributed by atoms with Crippen LogP contribution in [-0.4, -0.2) is 30.3 Å². The van der Waals surface area contributed by atoms with Crippen LogP contribution in [0.5, 0.6) is 0 Å². The molecule has 0 bridgehead atoms. The van der Waals surface area contributed by atoms with Crippen molar-refractivity contribution in [1.82, 2.24) is 4.98 Å². The van der Waals surface area contributed by atoms with Crippen LogP contribution in [0.2, 0.25) is 0 Å². The number of morpholine rings is 1. The predicted molar refractivity (Wildman–Crippen MR) is 56.5 cm³/mol. The van der Waals surface area contributed by atoms with Gasteiger partial charge in [0.25, 0.3) is 0 Å². The van der Waals surface area contributed by atoms with Crippen LogP contribution < -0.4 is 4.90 Å². The maximum absolute atomic E-state index is 5.65. The van der Waals surface area contributed by atoms with Crippen molar-refractivity contribution in [3.05, 3.63) is 24.4 Å². The number of anilines is 1. The molecule has 0 aliphatic carbocycles. The Morgan fingerprint density at radius 1 is 1.43 bits per heavy atom. The number of ether oxygens (including phenoxy) is 1. The first-order chi connectivity index (χ1) is 6.67. The Morgan fingerprint density at radius 2 is 2.29 bits per heavy atom. The van der Waals surface area contributed by atoms with Crippen molar-refractivity contribution in [3.8, 4) is 0 Å². The van der Waals surface area contributed by atoms with Gasteiger partial charge in [-0.1, -0.05) is 6.07 Å². The predicted octanol–water partition coefficient (Wildman–Crippen LogP) is 1.70. The standard InChI is InChI=1S/C11H16N2O/c1-11(2)9-13(7-8-14-11)10-5-3-4-6-12-10/h3-6H,7-9H2,1-2H3. The zero-order chi connectivity index (χ0) is 10.0. The molecular weight excluding hydrogens is 176 g/mol. The first kappa shape index (κ1) is 9.46. The Morgan fingerprint density at radius 3 is 2.93 bits per heavy atom. The van der Waals surface area contributed by atoms with Gasteiger partial charge in [-0.3, -0.25) is 0 Å². The number of hydrogen-bond donors (Lipinski definition) is 0. The third kappa shape index (κ3) is 2.04. The van der Waals surface area contributed by atoms with Gasteiger partial charge in [-0.15, -0.1) is 0 Å². The molecule has 0 aromatic carbocycles. The zero-order valence-corrected chi connectivity index (χ0v) is 8.73. The zero-order valence-electron chi connectivity index (χ0n) is 8.73. The molecule has 1 saturated heterocycles. The van der Waals surface area contributed by atoms with Crippen LogP contribution in [-0.2, 0) is 4.74 Å². The molecular formula is C11H16N2O. The van der Waals surface area contributed by atoms with Gasteiger partial charge in [0.15, 0.2) is 0 Å². The van der Waals surface area contributed by atoms with Crippen LogP contribution >= 0.6 is 0 Å². The van der Waals surface area contributed by atoms with Gasteiger partial charge in [0.2, 0.25) is 0 Å². The molecule has 0 atom stereocenters. The molecule has 0 amide bonds. The fraction of sp³-hybridized carbons (Fsp3) is 0.545. The summed E-state index contributed by atoms with van der Waals surface area (Å²) in [7, 11) is 0. The minimum atomic E-state index is -0.0598. The third-order valence-corrected chi connectivity index (χ3v) is 2.40. The Kier molecular flexibility index (Phi) is 2.42. The summed E-state index contributed by atoms with van der Waals surface area (Å²) in [5, 5.41) is 0. The summed E-state index contributed by atoms with van der Waals surface area (Å²) in [6.07, 6.45) is 1.83. The molecule has 1 aromatic heterocycles. The molecule has 0 unspecified atom stereocenters. The van der Waals surface area contributed by atoms with Gasteiger partial charge in [-0.25, -0.2) is 4.98 Å². The second-order valence-corrected chi connectivity index (χ2v) is 4.22. The van der Waals surface area contributed by atoms with Gasteiger partial charge in [-0.05, 0) is 26.0 Å². The summed E-state index contributed by atoms with van der Waals surface area (Å²) in [4.78, 5) is 6.61. The van der Waals surface area contributed by atoms with Crippen molar-refractivity contribution < 1.29 is 4.74 Å². The highest BCUT2D eigenvalue weighted by atomic mass is 16.5. The van der Waals surface area contributed by atoms with Crippen molar-refractivity contribution in [2.45, 2.75) is 19.4 Å². The quantitative estimate of drug-likeness (QED) is 0.677. The Balaban J connectivity index is 2.12. The minimum absolute atomic E-state index is 0.0598. The van der Waals surface area contributed by atoms with E-state index in [9.17, 15) is 0 Å². The second kappa shape index (κ2) is 3.58. The van der Waals surface area contributed by atoms with Crippen molar-refractivity contribution in [2.75, 3.05) is 24.6 Å². The van der Waals surface area contributed by atoms with E-state index in [1.807, 2.05) is 24.4 Å². The summed E-state index contributed by atoms with van der Waals surface area (Å²) in [5.74, 6) is 1.05. The van der Waals surface area contributed by atoms with E-state index in [4.69, 9.17) is 4.74 Å². The first-order valence-electron chi connectivity index (χ1n) is 4.97. The van der Waals surface area contributed by atoms with Gasteiger partial charge < -0.3 is 9.64 Å². The Bertz CT molecular complexity index is 297. The third-order valence-electron chi connectivity index (χ3n) is 2.40. The molecule has 14 heavy (non-hydrogen) atoms. The van der Waals surface area contributed by atoms with Crippen LogP contribution in [0, 0.1) is 0 Å². The van der Waals surface area contributed by atoms with Gasteiger partial charge >= 0.3 is 0 Å². The van der Waals surface area contributed by atoms with E-state index in [2.05, 4.69) is 23.7 Å². The summed E-state index contributed by atoms with van der Waals surface area (Å²) in [5.41, 5.74) is -0.0598. The molecule has 3 nitrogen and oxygen atoms in total. The summed E-state index contributed by atoms with van der Waals surface area (Å²) in [6.45, 7) is 6.85. The molecule has 0 radical (unpaired) electrons. The number of pyridine rings is 1. The van der Waals surface area contributed by atoms with Crippen LogP contribution in [0.25, 0.3) is 0 Å². The molecule has 0 saturated carbocycles. The van der Waals surface area contributed by atoms with E-state index in [1.165, 1.54) is 0 Å². The number of nitrogens with zero attached hydrogens (tertiary/aromatic N) is 2. The Hall–Kier alpha value is -1.09. The van der Waals surface area contributed by atoms with Crippen LogP contribution in [0.15, 0.2) is 24.4 Å². The average Bonchev–Trinajstić information content (AvgIpc) is 2.18. The highest BCUT2D eigenvalue weighted by Crippen LogP contribution is 2.20. The highest BCUT2D eigenvalue weighted by molar-refractivity contribution is 5.38. The van der Waals surface area contributed by atoms with Crippen molar-refractivity contribution in [1.29, 1.82) is 0 Å². The molecule has 2 rings (SSSR count). The normalized spacial score (nSPS) is 20.9. The molecule has 0 N–H and O–H groups in total. The van der Waals surface area contributed by atoms with E-state index in [-0.39, 0.29) is 5.60 Å². The van der Waals surface area contributed by atoms with Crippen LogP contribution in [0.3, 0.4) is 0 Å². The molecule has 1 aliphatic rings. The fourth-order valence-electron chi connectivity index (χ4n) is 1.75. The highest BCUT2D eigenvalue weighted by Gasteiger charge is 2.27. The van der Waals surface area contributed by atoms with Crippen molar-refractivity contribution >= 4 is 5.82 Å². The summed E-state index contributed by atoms with van der Waals surface area (Å²) in [6, 6.07) is 6.00. The molecule has 3 heteroatoms. The Labute approximate surface area is 84.7 Å². The average molecular weight is 192 g/mol. The monoisotopic (exact) mass is 192 g/mol. The van der Waals surface area contributed by atoms with E-state index >= 15 is 0 Å². The maximum atomic E-state index is 5.65. The lowest BCUT2D eigenvalue weighted by Crippen LogP contribution is -2.48. The van der Waals surface area contributed by atoms with E-state index in [0.29, 0.717) is 0 Å². The molecule has 76 valence electrons. The molecule has 1 fully saturated rings. The van der Waals surface area contributed by atoms with Crippen molar-refractivity contribution in [2.24, 2.45) is 0 Å². The number of aromatic nitrogens is 1. The summed E-state index contributed by atoms with van der Waals surface area (Å²) < 4.78 is 5.65. The molecule has 1 aliphatic heterocycles. The smallest absolute Gasteiger partial charge is 0.128 e. The van der Waals surface area contributed by atoms with Crippen LogP contribution in [0.4, 0.5) is 5.82 Å². The lowest BCUT2D eigenvalue weighted by Gasteiger charge is -2.38. The SMILES string of the molecule is CC1(C)CN(c2ccccn2)CCO1. The second-order valence-electron chi connectivity index (χ2n) is 4.22. The largest absolute Gasteiger partial charge is 0.372 e. The fourth-order valence-corrected chi connectivity index (χ4v) is 1.75. The lowest BCUT2D eigenvalue weighted by atomic mass is 10.1.